The van der Waals surface area contributed by atoms with Crippen molar-refractivity contribution in [2.24, 2.45) is 5.92 Å². The third-order valence-corrected chi connectivity index (χ3v) is 7.17. The number of hydrogen-bond donors (Lipinski definition) is 2. The largest absolute Gasteiger partial charge is 0.495 e. The topological polar surface area (TPSA) is 135 Å². The molecule has 1 aliphatic heterocycles. The minimum Gasteiger partial charge on any atom is -0.495 e. The SMILES string of the molecule is COc1ccccc1NC(=O)N1C[C@@H](C)[C@H](OC)CN(C)C(=O)c2cc(NC(=O)c3cc(C)on3)ccc2OC[C@H]1C. The Hall–Kier alpha value is -4.58. The predicted molar refractivity (Wildman–Crippen MR) is 156 cm³/mol. The Labute approximate surface area is 244 Å². The molecule has 42 heavy (non-hydrogen) atoms. The summed E-state index contributed by atoms with van der Waals surface area (Å²) >= 11 is 0. The number of likely N-dealkylation sites (N-methyl/N-ethyl adjacent to an activating group) is 1. The van der Waals surface area contributed by atoms with Crippen molar-refractivity contribution in [2.75, 3.05) is 51.6 Å². The van der Waals surface area contributed by atoms with Crippen LogP contribution in [0.2, 0.25) is 0 Å². The number of aryl methyl sites for hydroxylation is 1. The van der Waals surface area contributed by atoms with Gasteiger partial charge in [0.15, 0.2) is 5.69 Å². The minimum atomic E-state index is -0.472. The summed E-state index contributed by atoms with van der Waals surface area (Å²) in [7, 11) is 4.81. The molecule has 2 heterocycles. The molecule has 2 aromatic carbocycles. The number of carbonyl (C=O) groups excluding carboxylic acids is 3. The van der Waals surface area contributed by atoms with E-state index in [2.05, 4.69) is 15.8 Å². The highest BCUT2D eigenvalue weighted by atomic mass is 16.5. The van der Waals surface area contributed by atoms with E-state index in [-0.39, 0.29) is 54.4 Å². The van der Waals surface area contributed by atoms with Gasteiger partial charge in [0.2, 0.25) is 0 Å². The number of para-hydroxylation sites is 2. The molecular weight excluding hydrogens is 542 g/mol. The number of urea groups is 1. The lowest BCUT2D eigenvalue weighted by Gasteiger charge is -2.36. The van der Waals surface area contributed by atoms with Crippen molar-refractivity contribution in [3.05, 3.63) is 65.5 Å². The number of nitrogens with one attached hydrogen (secondary N) is 2. The van der Waals surface area contributed by atoms with Crippen molar-refractivity contribution in [3.8, 4) is 11.5 Å². The Morgan fingerprint density at radius 1 is 1.05 bits per heavy atom. The summed E-state index contributed by atoms with van der Waals surface area (Å²) in [5.74, 6) is 0.465. The molecule has 4 rings (SSSR count). The third kappa shape index (κ3) is 7.00. The summed E-state index contributed by atoms with van der Waals surface area (Å²) in [5.41, 5.74) is 1.31. The number of carbonyl (C=O) groups is 3. The molecule has 0 saturated heterocycles. The van der Waals surface area contributed by atoms with Gasteiger partial charge in [-0.3, -0.25) is 9.59 Å². The van der Waals surface area contributed by atoms with Crippen LogP contribution in [-0.2, 0) is 4.74 Å². The van der Waals surface area contributed by atoms with E-state index < -0.39 is 5.91 Å². The molecule has 0 aliphatic carbocycles. The summed E-state index contributed by atoms with van der Waals surface area (Å²) in [6, 6.07) is 12.8. The average molecular weight is 580 g/mol. The third-order valence-electron chi connectivity index (χ3n) is 7.17. The summed E-state index contributed by atoms with van der Waals surface area (Å²) in [6.07, 6.45) is -0.366. The van der Waals surface area contributed by atoms with Gasteiger partial charge < -0.3 is 39.2 Å². The standard InChI is InChI=1S/C30H37N5O7/c1-18-15-35(30(38)32-23-9-7-8-10-26(23)39-5)19(2)17-41-25-12-11-21(31-28(36)24-13-20(3)42-33-24)14-22(25)29(37)34(4)16-27(18)40-6/h7-14,18-19,27H,15-17H2,1-6H3,(H,31,36)(H,32,38)/t18-,19-,27-/m1/s1. The zero-order valence-corrected chi connectivity index (χ0v) is 24.7. The fraction of sp³-hybridized carbons (Fsp3) is 0.400. The first-order valence-electron chi connectivity index (χ1n) is 13.6. The van der Waals surface area contributed by atoms with Crippen LogP contribution in [0.15, 0.2) is 53.1 Å². The number of amides is 4. The van der Waals surface area contributed by atoms with Crippen molar-refractivity contribution in [3.63, 3.8) is 0 Å². The number of benzene rings is 2. The number of rotatable bonds is 5. The van der Waals surface area contributed by atoms with Crippen LogP contribution in [0.4, 0.5) is 16.2 Å². The lowest BCUT2D eigenvalue weighted by Crippen LogP contribution is -2.50. The molecule has 1 aliphatic rings. The Morgan fingerprint density at radius 2 is 1.81 bits per heavy atom. The molecule has 2 N–H and O–H groups in total. The highest BCUT2D eigenvalue weighted by Gasteiger charge is 2.31. The molecule has 0 bridgehead atoms. The quantitative estimate of drug-likeness (QED) is 0.457. The first-order valence-corrected chi connectivity index (χ1v) is 13.6. The normalized spacial score (nSPS) is 19.6. The van der Waals surface area contributed by atoms with Gasteiger partial charge in [0.25, 0.3) is 11.8 Å². The van der Waals surface area contributed by atoms with Crippen LogP contribution in [-0.4, -0.2) is 85.9 Å². The number of aromatic nitrogens is 1. The van der Waals surface area contributed by atoms with Crippen LogP contribution >= 0.6 is 0 Å². The van der Waals surface area contributed by atoms with E-state index in [4.69, 9.17) is 18.7 Å². The van der Waals surface area contributed by atoms with Gasteiger partial charge in [-0.1, -0.05) is 24.2 Å². The molecule has 3 atom stereocenters. The Balaban J connectivity index is 1.62. The Kier molecular flexibility index (Phi) is 9.68. The van der Waals surface area contributed by atoms with Gasteiger partial charge in [-0.15, -0.1) is 0 Å². The smallest absolute Gasteiger partial charge is 0.322 e. The summed E-state index contributed by atoms with van der Waals surface area (Å²) in [5, 5.41) is 9.44. The molecule has 12 heteroatoms. The summed E-state index contributed by atoms with van der Waals surface area (Å²) in [6.45, 7) is 6.27. The number of fused-ring (bicyclic) bond motifs is 1. The van der Waals surface area contributed by atoms with Crippen molar-refractivity contribution in [2.45, 2.75) is 32.9 Å². The average Bonchev–Trinajstić information content (AvgIpc) is 3.43. The molecule has 3 aromatic rings. The molecule has 1 aromatic heterocycles. The molecule has 224 valence electrons. The van der Waals surface area contributed by atoms with Gasteiger partial charge in [-0.2, -0.15) is 0 Å². The van der Waals surface area contributed by atoms with E-state index in [1.807, 2.05) is 26.0 Å². The monoisotopic (exact) mass is 579 g/mol. The number of hydrogen-bond acceptors (Lipinski definition) is 8. The second kappa shape index (κ2) is 13.4. The zero-order chi connectivity index (χ0) is 30.4. The van der Waals surface area contributed by atoms with Crippen molar-refractivity contribution >= 4 is 29.2 Å². The molecular formula is C30H37N5O7. The highest BCUT2D eigenvalue weighted by Crippen LogP contribution is 2.28. The second-order valence-corrected chi connectivity index (χ2v) is 10.4. The molecule has 4 amide bonds. The van der Waals surface area contributed by atoms with Gasteiger partial charge in [0.1, 0.15) is 23.9 Å². The Bertz CT molecular complexity index is 1420. The van der Waals surface area contributed by atoms with Crippen molar-refractivity contribution in [1.29, 1.82) is 0 Å². The molecule has 0 radical (unpaired) electrons. The van der Waals surface area contributed by atoms with Crippen molar-refractivity contribution in [1.82, 2.24) is 15.0 Å². The predicted octanol–water partition coefficient (Wildman–Crippen LogP) is 4.28. The fourth-order valence-corrected chi connectivity index (χ4v) is 4.74. The van der Waals surface area contributed by atoms with Gasteiger partial charge in [-0.05, 0) is 44.2 Å². The van der Waals surface area contributed by atoms with Gasteiger partial charge >= 0.3 is 6.03 Å². The summed E-state index contributed by atoms with van der Waals surface area (Å²) in [4.78, 5) is 43.1. The lowest BCUT2D eigenvalue weighted by molar-refractivity contribution is 0.0174. The van der Waals surface area contributed by atoms with Gasteiger partial charge in [-0.25, -0.2) is 4.79 Å². The van der Waals surface area contributed by atoms with E-state index >= 15 is 0 Å². The van der Waals surface area contributed by atoms with E-state index in [9.17, 15) is 14.4 Å². The molecule has 0 saturated carbocycles. The molecule has 12 nitrogen and oxygen atoms in total. The van der Waals surface area contributed by atoms with Crippen LogP contribution < -0.4 is 20.1 Å². The fourth-order valence-electron chi connectivity index (χ4n) is 4.74. The maximum atomic E-state index is 13.6. The first-order chi connectivity index (χ1) is 20.1. The zero-order valence-electron chi connectivity index (χ0n) is 24.7. The van der Waals surface area contributed by atoms with Crippen LogP contribution in [0.3, 0.4) is 0 Å². The number of ether oxygens (including phenoxy) is 3. The Morgan fingerprint density at radius 3 is 2.50 bits per heavy atom. The van der Waals surface area contributed by atoms with Crippen LogP contribution in [0, 0.1) is 12.8 Å². The highest BCUT2D eigenvalue weighted by molar-refractivity contribution is 6.04. The van der Waals surface area contributed by atoms with Gasteiger partial charge in [0.05, 0.1) is 30.5 Å². The lowest BCUT2D eigenvalue weighted by atomic mass is 10.0. The number of anilines is 2. The first kappa shape index (κ1) is 30.4. The maximum absolute atomic E-state index is 13.6. The maximum Gasteiger partial charge on any atom is 0.322 e. The van der Waals surface area contributed by atoms with Crippen LogP contribution in [0.5, 0.6) is 11.5 Å². The number of methoxy groups -OCH3 is 2. The van der Waals surface area contributed by atoms with E-state index in [1.54, 1.807) is 68.3 Å². The van der Waals surface area contributed by atoms with Gasteiger partial charge in [0, 0.05) is 44.9 Å². The van der Waals surface area contributed by atoms with Crippen molar-refractivity contribution < 1.29 is 33.1 Å². The van der Waals surface area contributed by atoms with Crippen LogP contribution in [0.25, 0.3) is 0 Å². The van der Waals surface area contributed by atoms with E-state index in [0.29, 0.717) is 35.2 Å². The second-order valence-electron chi connectivity index (χ2n) is 10.4. The summed E-state index contributed by atoms with van der Waals surface area (Å²) < 4.78 is 22.3. The molecule has 0 unspecified atom stereocenters. The number of nitrogens with zero attached hydrogens (tertiary/aromatic N) is 3. The van der Waals surface area contributed by atoms with E-state index in [0.717, 1.165) is 0 Å². The molecule has 0 fully saturated rings. The minimum absolute atomic E-state index is 0.109. The molecule has 0 spiro atoms. The van der Waals surface area contributed by atoms with E-state index in [1.165, 1.54) is 6.07 Å². The van der Waals surface area contributed by atoms with Crippen LogP contribution in [0.1, 0.15) is 40.5 Å².